The first-order valence-electron chi connectivity index (χ1n) is 7.65. The van der Waals surface area contributed by atoms with Gasteiger partial charge in [0, 0.05) is 19.3 Å². The molecule has 1 fully saturated rings. The minimum atomic E-state index is -3.75. The van der Waals surface area contributed by atoms with Crippen LogP contribution in [0, 0.1) is 5.82 Å². The molecule has 0 saturated carbocycles. The topological polar surface area (TPSA) is 89.2 Å². The molecule has 1 aromatic carbocycles. The molecule has 0 bridgehead atoms. The molecule has 4 rings (SSSR count). The Hall–Kier alpha value is -2.36. The third-order valence-electron chi connectivity index (χ3n) is 4.06. The number of rotatable bonds is 4. The van der Waals surface area contributed by atoms with Crippen molar-refractivity contribution in [1.29, 1.82) is 0 Å². The number of sulfonamides is 1. The zero-order valence-electron chi connectivity index (χ0n) is 13.2. The van der Waals surface area contributed by atoms with Crippen molar-refractivity contribution in [2.24, 2.45) is 0 Å². The van der Waals surface area contributed by atoms with Crippen molar-refractivity contribution in [2.45, 2.75) is 10.8 Å². The van der Waals surface area contributed by atoms with Gasteiger partial charge in [-0.05, 0) is 30.3 Å². The molecule has 0 atom stereocenters. The van der Waals surface area contributed by atoms with Crippen LogP contribution >= 0.6 is 11.6 Å². The van der Waals surface area contributed by atoms with Gasteiger partial charge in [-0.2, -0.15) is 9.29 Å². The van der Waals surface area contributed by atoms with E-state index in [1.54, 1.807) is 18.3 Å². The third-order valence-corrected chi connectivity index (χ3v) is 6.18. The third kappa shape index (κ3) is 2.98. The lowest BCUT2D eigenvalue weighted by atomic mass is 10.0. The van der Waals surface area contributed by atoms with Crippen molar-refractivity contribution in [3.05, 3.63) is 59.3 Å². The summed E-state index contributed by atoms with van der Waals surface area (Å²) in [5.41, 5.74) is 0.576. The molecule has 0 aliphatic carbocycles. The second-order valence-corrected chi connectivity index (χ2v) is 8.11. The molecule has 3 aromatic rings. The van der Waals surface area contributed by atoms with E-state index in [9.17, 15) is 12.8 Å². The smallest absolute Gasteiger partial charge is 0.243 e. The van der Waals surface area contributed by atoms with Crippen molar-refractivity contribution in [1.82, 2.24) is 19.4 Å². The Balaban J connectivity index is 1.48. The number of halogens is 2. The van der Waals surface area contributed by atoms with Gasteiger partial charge in [0.25, 0.3) is 0 Å². The lowest BCUT2D eigenvalue weighted by Gasteiger charge is -2.35. The summed E-state index contributed by atoms with van der Waals surface area (Å²) in [6.45, 7) is 0.391. The normalized spacial score (nSPS) is 15.8. The maximum Gasteiger partial charge on any atom is 0.243 e. The van der Waals surface area contributed by atoms with Gasteiger partial charge in [0.1, 0.15) is 11.5 Å². The van der Waals surface area contributed by atoms with E-state index in [0.717, 1.165) is 12.1 Å². The van der Waals surface area contributed by atoms with Gasteiger partial charge >= 0.3 is 0 Å². The Kier molecular flexibility index (Phi) is 4.22. The van der Waals surface area contributed by atoms with Gasteiger partial charge < -0.3 is 4.52 Å². The van der Waals surface area contributed by atoms with E-state index >= 15 is 0 Å². The van der Waals surface area contributed by atoms with Gasteiger partial charge in [-0.25, -0.2) is 12.8 Å². The van der Waals surface area contributed by atoms with Crippen molar-refractivity contribution >= 4 is 21.6 Å². The van der Waals surface area contributed by atoms with Crippen LogP contribution in [0.25, 0.3) is 11.5 Å². The van der Waals surface area contributed by atoms with Gasteiger partial charge in [-0.3, -0.25) is 4.98 Å². The van der Waals surface area contributed by atoms with Crippen LogP contribution in [-0.2, 0) is 10.0 Å². The van der Waals surface area contributed by atoms with E-state index in [1.807, 2.05) is 6.07 Å². The Labute approximate surface area is 153 Å². The molecule has 3 heterocycles. The quantitative estimate of drug-likeness (QED) is 0.676. The number of hydrogen-bond donors (Lipinski definition) is 0. The minimum absolute atomic E-state index is 0.0537. The predicted molar refractivity (Wildman–Crippen MR) is 90.4 cm³/mol. The van der Waals surface area contributed by atoms with Crippen LogP contribution in [0.4, 0.5) is 4.39 Å². The molecule has 1 aliphatic heterocycles. The maximum absolute atomic E-state index is 13.2. The van der Waals surface area contributed by atoms with E-state index in [4.69, 9.17) is 16.1 Å². The Bertz CT molecular complexity index is 1050. The highest BCUT2D eigenvalue weighted by Crippen LogP contribution is 2.32. The molecule has 0 amide bonds. The summed E-state index contributed by atoms with van der Waals surface area (Å²) >= 11 is 5.67. The molecular weight excluding hydrogens is 383 g/mol. The van der Waals surface area contributed by atoms with Crippen molar-refractivity contribution in [3.8, 4) is 11.5 Å². The standard InChI is InChI=1S/C16H12ClFN4O3S/c17-12-7-11(4-5-13(12)18)26(23,24)22-8-10(9-22)16-20-15(21-25-16)14-3-1-2-6-19-14/h1-7,10H,8-9H2. The molecule has 7 nitrogen and oxygen atoms in total. The summed E-state index contributed by atoms with van der Waals surface area (Å²) < 4.78 is 44.8. The van der Waals surface area contributed by atoms with Crippen LogP contribution < -0.4 is 0 Å². The monoisotopic (exact) mass is 394 g/mol. The molecule has 134 valence electrons. The highest BCUT2D eigenvalue weighted by Gasteiger charge is 2.40. The summed E-state index contributed by atoms with van der Waals surface area (Å²) in [7, 11) is -3.75. The zero-order valence-corrected chi connectivity index (χ0v) is 14.8. The number of pyridine rings is 1. The van der Waals surface area contributed by atoms with E-state index < -0.39 is 15.8 Å². The number of hydrogen-bond acceptors (Lipinski definition) is 6. The Morgan fingerprint density at radius 3 is 2.73 bits per heavy atom. The van der Waals surface area contributed by atoms with Crippen LogP contribution in [0.3, 0.4) is 0 Å². The Morgan fingerprint density at radius 1 is 1.23 bits per heavy atom. The summed E-state index contributed by atoms with van der Waals surface area (Å²) in [6.07, 6.45) is 1.62. The fourth-order valence-corrected chi connectivity index (χ4v) is 4.38. The number of aromatic nitrogens is 3. The molecule has 0 radical (unpaired) electrons. The summed E-state index contributed by atoms with van der Waals surface area (Å²) in [4.78, 5) is 8.37. The van der Waals surface area contributed by atoms with E-state index in [1.165, 1.54) is 10.4 Å². The molecule has 0 spiro atoms. The summed E-state index contributed by atoms with van der Waals surface area (Å²) in [6, 6.07) is 8.67. The van der Waals surface area contributed by atoms with E-state index in [2.05, 4.69) is 15.1 Å². The first kappa shape index (κ1) is 17.1. The minimum Gasteiger partial charge on any atom is -0.339 e. The zero-order chi connectivity index (χ0) is 18.3. The van der Waals surface area contributed by atoms with Crippen LogP contribution in [-0.4, -0.2) is 40.9 Å². The van der Waals surface area contributed by atoms with Crippen LogP contribution in [0.15, 0.2) is 52.0 Å². The molecule has 0 N–H and O–H groups in total. The predicted octanol–water partition coefficient (Wildman–Crippen LogP) is 2.71. The SMILES string of the molecule is O=S(=O)(c1ccc(F)c(Cl)c1)N1CC(c2nc(-c3ccccn3)no2)C1. The van der Waals surface area contributed by atoms with Crippen molar-refractivity contribution in [2.75, 3.05) is 13.1 Å². The first-order chi connectivity index (χ1) is 12.4. The molecular formula is C16H12ClFN4O3S. The lowest BCUT2D eigenvalue weighted by Crippen LogP contribution is -2.48. The summed E-state index contributed by atoms with van der Waals surface area (Å²) in [5.74, 6) is -0.160. The molecule has 10 heteroatoms. The molecule has 2 aromatic heterocycles. The average molecular weight is 395 g/mol. The van der Waals surface area contributed by atoms with E-state index in [-0.39, 0.29) is 28.9 Å². The molecule has 0 unspecified atom stereocenters. The lowest BCUT2D eigenvalue weighted by molar-refractivity contribution is 0.217. The fraction of sp³-hybridized carbons (Fsp3) is 0.188. The Morgan fingerprint density at radius 2 is 2.04 bits per heavy atom. The highest BCUT2D eigenvalue weighted by molar-refractivity contribution is 7.89. The molecule has 1 aliphatic rings. The number of nitrogens with zero attached hydrogens (tertiary/aromatic N) is 4. The average Bonchev–Trinajstić information content (AvgIpc) is 3.06. The van der Waals surface area contributed by atoms with Crippen molar-refractivity contribution < 1.29 is 17.3 Å². The van der Waals surface area contributed by atoms with Gasteiger partial charge in [0.2, 0.25) is 21.7 Å². The van der Waals surface area contributed by atoms with Gasteiger partial charge in [-0.1, -0.05) is 22.8 Å². The van der Waals surface area contributed by atoms with Crippen LogP contribution in [0.2, 0.25) is 5.02 Å². The number of benzene rings is 1. The first-order valence-corrected chi connectivity index (χ1v) is 9.47. The largest absolute Gasteiger partial charge is 0.339 e. The van der Waals surface area contributed by atoms with Gasteiger partial charge in [-0.15, -0.1) is 0 Å². The summed E-state index contributed by atoms with van der Waals surface area (Å²) in [5, 5.41) is 3.64. The molecule has 26 heavy (non-hydrogen) atoms. The van der Waals surface area contributed by atoms with Gasteiger partial charge in [0.05, 0.1) is 15.8 Å². The van der Waals surface area contributed by atoms with E-state index in [0.29, 0.717) is 17.4 Å². The van der Waals surface area contributed by atoms with Gasteiger partial charge in [0.15, 0.2) is 0 Å². The van der Waals surface area contributed by atoms with Crippen LogP contribution in [0.5, 0.6) is 0 Å². The second kappa shape index (κ2) is 6.42. The molecule has 1 saturated heterocycles. The highest BCUT2D eigenvalue weighted by atomic mass is 35.5. The second-order valence-electron chi connectivity index (χ2n) is 5.77. The fourth-order valence-electron chi connectivity index (χ4n) is 2.58. The maximum atomic E-state index is 13.2. The van der Waals surface area contributed by atoms with Crippen LogP contribution in [0.1, 0.15) is 11.8 Å². The van der Waals surface area contributed by atoms with Crippen molar-refractivity contribution in [3.63, 3.8) is 0 Å².